The summed E-state index contributed by atoms with van der Waals surface area (Å²) in [7, 11) is 0. The van der Waals surface area contributed by atoms with Gasteiger partial charge in [0.2, 0.25) is 0 Å². The normalized spacial score (nSPS) is 14.8. The van der Waals surface area contributed by atoms with Gasteiger partial charge in [0, 0.05) is 12.4 Å². The lowest BCUT2D eigenvalue weighted by Gasteiger charge is -2.13. The van der Waals surface area contributed by atoms with Crippen molar-refractivity contribution in [3.05, 3.63) is 12.4 Å². The van der Waals surface area contributed by atoms with Gasteiger partial charge in [0.05, 0.1) is 6.61 Å². The monoisotopic (exact) mass is 157 g/mol. The lowest BCUT2D eigenvalue weighted by atomic mass is 10.6. The number of esters is 1. The van der Waals surface area contributed by atoms with Gasteiger partial charge in [-0.05, 0) is 6.92 Å². The van der Waals surface area contributed by atoms with E-state index < -0.39 is 0 Å². The Kier molecular flexibility index (Phi) is 2.74. The van der Waals surface area contributed by atoms with Crippen LogP contribution in [0.1, 0.15) is 6.92 Å². The van der Waals surface area contributed by atoms with Gasteiger partial charge in [0.25, 0.3) is 0 Å². The van der Waals surface area contributed by atoms with Crippen molar-refractivity contribution >= 4 is 5.97 Å². The Morgan fingerprint density at radius 2 is 2.55 bits per heavy atom. The second kappa shape index (κ2) is 3.82. The van der Waals surface area contributed by atoms with Crippen molar-refractivity contribution in [3.8, 4) is 0 Å². The van der Waals surface area contributed by atoms with Gasteiger partial charge in [-0.25, -0.2) is 0 Å². The summed E-state index contributed by atoms with van der Waals surface area (Å²) in [4.78, 5) is 10.8. The van der Waals surface area contributed by atoms with E-state index in [1.807, 2.05) is 0 Å². The Morgan fingerprint density at radius 1 is 1.73 bits per heavy atom. The van der Waals surface area contributed by atoms with E-state index in [9.17, 15) is 4.79 Å². The first kappa shape index (κ1) is 7.87. The second-order valence-electron chi connectivity index (χ2n) is 2.00. The second-order valence-corrected chi connectivity index (χ2v) is 2.00. The number of hydrogen-bond acceptors (Lipinski definition) is 5. The fraction of sp³-hybridized carbons (Fsp3) is 0.500. The third-order valence-electron chi connectivity index (χ3n) is 1.15. The number of hydrazine groups is 2. The van der Waals surface area contributed by atoms with Crippen molar-refractivity contribution in [2.45, 2.75) is 6.92 Å². The molecule has 0 aliphatic carbocycles. The molecule has 0 aromatic carbocycles. The molecule has 62 valence electrons. The average Bonchev–Trinajstić information content (AvgIpc) is 2.40. The predicted molar refractivity (Wildman–Crippen MR) is 38.8 cm³/mol. The molecule has 5 heteroatoms. The van der Waals surface area contributed by atoms with Crippen molar-refractivity contribution in [1.82, 2.24) is 16.0 Å². The summed E-state index contributed by atoms with van der Waals surface area (Å²) in [5.41, 5.74) is 5.42. The summed E-state index contributed by atoms with van der Waals surface area (Å²) in [5, 5.41) is 1.60. The molecule has 0 radical (unpaired) electrons. The minimum absolute atomic E-state index is 0.220. The number of nitrogens with one attached hydrogen (secondary N) is 2. The van der Waals surface area contributed by atoms with Crippen LogP contribution in [0.3, 0.4) is 0 Å². The minimum atomic E-state index is -0.242. The molecule has 0 unspecified atom stereocenters. The summed E-state index contributed by atoms with van der Waals surface area (Å²) in [6, 6.07) is 0. The number of hydrogen-bond donors (Lipinski definition) is 2. The van der Waals surface area contributed by atoms with Crippen LogP contribution in [-0.2, 0) is 9.53 Å². The molecular weight excluding hydrogens is 146 g/mol. The predicted octanol–water partition coefficient (Wildman–Crippen LogP) is -0.654. The molecule has 0 saturated heterocycles. The molecule has 0 aromatic heterocycles. The van der Waals surface area contributed by atoms with Crippen molar-refractivity contribution in [1.29, 1.82) is 0 Å². The van der Waals surface area contributed by atoms with E-state index in [0.717, 1.165) is 0 Å². The highest BCUT2D eigenvalue weighted by Crippen LogP contribution is 1.89. The van der Waals surface area contributed by atoms with Gasteiger partial charge in [0.15, 0.2) is 0 Å². The number of rotatable bonds is 3. The van der Waals surface area contributed by atoms with Crippen molar-refractivity contribution in [2.24, 2.45) is 0 Å². The number of ether oxygens (including phenoxy) is 1. The lowest BCUT2D eigenvalue weighted by molar-refractivity contribution is -0.144. The highest BCUT2D eigenvalue weighted by molar-refractivity contribution is 5.71. The van der Waals surface area contributed by atoms with Gasteiger partial charge in [-0.2, -0.15) is 0 Å². The van der Waals surface area contributed by atoms with E-state index in [4.69, 9.17) is 4.74 Å². The van der Waals surface area contributed by atoms with Gasteiger partial charge in [-0.15, -0.1) is 5.53 Å². The van der Waals surface area contributed by atoms with Crippen LogP contribution in [-0.4, -0.2) is 24.1 Å². The first-order valence-electron chi connectivity index (χ1n) is 3.43. The molecule has 0 atom stereocenters. The smallest absolute Gasteiger partial charge is 0.327 e. The van der Waals surface area contributed by atoms with E-state index in [-0.39, 0.29) is 12.5 Å². The third-order valence-corrected chi connectivity index (χ3v) is 1.15. The van der Waals surface area contributed by atoms with E-state index >= 15 is 0 Å². The molecule has 0 amide bonds. The van der Waals surface area contributed by atoms with Crippen LogP contribution < -0.4 is 11.0 Å². The zero-order valence-corrected chi connectivity index (χ0v) is 6.33. The summed E-state index contributed by atoms with van der Waals surface area (Å²) < 4.78 is 4.72. The first-order chi connectivity index (χ1) is 5.33. The van der Waals surface area contributed by atoms with Crippen LogP contribution in [0.2, 0.25) is 0 Å². The van der Waals surface area contributed by atoms with Crippen molar-refractivity contribution < 1.29 is 9.53 Å². The molecule has 0 bridgehead atoms. The van der Waals surface area contributed by atoms with Crippen molar-refractivity contribution in [2.75, 3.05) is 13.2 Å². The summed E-state index contributed by atoms with van der Waals surface area (Å²) in [6.07, 6.45) is 3.41. The molecule has 0 fully saturated rings. The molecule has 0 spiro atoms. The molecule has 1 aliphatic heterocycles. The molecule has 2 N–H and O–H groups in total. The van der Waals surface area contributed by atoms with Crippen LogP contribution in [0.5, 0.6) is 0 Å². The Hall–Kier alpha value is -1.23. The first-order valence-corrected chi connectivity index (χ1v) is 3.43. The van der Waals surface area contributed by atoms with E-state index in [0.29, 0.717) is 6.61 Å². The fourth-order valence-electron chi connectivity index (χ4n) is 0.723. The highest BCUT2D eigenvalue weighted by Gasteiger charge is 2.08. The van der Waals surface area contributed by atoms with Crippen LogP contribution in [0.25, 0.3) is 0 Å². The zero-order valence-electron chi connectivity index (χ0n) is 6.33. The lowest BCUT2D eigenvalue weighted by Crippen LogP contribution is -2.39. The fourth-order valence-corrected chi connectivity index (χ4v) is 0.723. The molecular formula is C6H11N3O2. The maximum absolute atomic E-state index is 10.8. The number of nitrogens with zero attached hydrogens (tertiary/aromatic N) is 1. The Balaban J connectivity index is 2.19. The maximum atomic E-state index is 10.8. The van der Waals surface area contributed by atoms with Crippen LogP contribution in [0, 0.1) is 0 Å². The van der Waals surface area contributed by atoms with Crippen LogP contribution >= 0.6 is 0 Å². The molecule has 5 nitrogen and oxygen atoms in total. The van der Waals surface area contributed by atoms with E-state index in [2.05, 4.69) is 11.0 Å². The minimum Gasteiger partial charge on any atom is -0.465 e. The van der Waals surface area contributed by atoms with Gasteiger partial charge in [-0.1, -0.05) is 0 Å². The maximum Gasteiger partial charge on any atom is 0.327 e. The largest absolute Gasteiger partial charge is 0.465 e. The zero-order chi connectivity index (χ0) is 8.10. The van der Waals surface area contributed by atoms with Crippen LogP contribution in [0.15, 0.2) is 12.4 Å². The topological polar surface area (TPSA) is 53.6 Å². The average molecular weight is 157 g/mol. The van der Waals surface area contributed by atoms with Gasteiger partial charge >= 0.3 is 5.97 Å². The van der Waals surface area contributed by atoms with Crippen molar-refractivity contribution in [3.63, 3.8) is 0 Å². The SMILES string of the molecule is CCOC(=O)CN1C=CNN1. The Labute approximate surface area is 64.9 Å². The van der Waals surface area contributed by atoms with Crippen LogP contribution in [0.4, 0.5) is 0 Å². The molecule has 1 heterocycles. The van der Waals surface area contributed by atoms with E-state index in [1.54, 1.807) is 24.3 Å². The quantitative estimate of drug-likeness (QED) is 0.533. The summed E-state index contributed by atoms with van der Waals surface area (Å²) in [6.45, 7) is 2.42. The number of carbonyl (C=O) groups excluding carboxylic acids is 1. The Bertz CT molecular complexity index is 169. The molecule has 0 aromatic rings. The molecule has 0 saturated carbocycles. The van der Waals surface area contributed by atoms with Gasteiger partial charge in [-0.3, -0.25) is 9.80 Å². The summed E-state index contributed by atoms with van der Waals surface area (Å²) >= 11 is 0. The Morgan fingerprint density at radius 3 is 3.09 bits per heavy atom. The number of carbonyl (C=O) groups is 1. The molecule has 1 aliphatic rings. The molecule has 11 heavy (non-hydrogen) atoms. The highest BCUT2D eigenvalue weighted by atomic mass is 16.5. The standard InChI is InChI=1S/C6H11N3O2/c1-2-11-6(10)5-9-4-3-7-8-9/h3-4,7-8H,2,5H2,1H3. The third kappa shape index (κ3) is 2.46. The molecule has 1 rings (SSSR count). The van der Waals surface area contributed by atoms with E-state index in [1.165, 1.54) is 0 Å². The van der Waals surface area contributed by atoms with Gasteiger partial charge in [0.1, 0.15) is 6.54 Å². The van der Waals surface area contributed by atoms with Gasteiger partial charge < -0.3 is 10.2 Å². The summed E-state index contributed by atoms with van der Waals surface area (Å²) in [5.74, 6) is -0.242.